The van der Waals surface area contributed by atoms with Crippen molar-refractivity contribution < 1.29 is 23.8 Å². The van der Waals surface area contributed by atoms with Crippen molar-refractivity contribution in [3.8, 4) is 17.3 Å². The molecule has 10 heteroatoms. The summed E-state index contributed by atoms with van der Waals surface area (Å²) in [6, 6.07) is 11.2. The Balaban J connectivity index is 1.84. The zero-order valence-corrected chi connectivity index (χ0v) is 14.8. The topological polar surface area (TPSA) is 111 Å². The molecule has 0 saturated carbocycles. The average molecular weight is 407 g/mol. The molecular weight excluding hydrogens is 395 g/mol. The number of nitrogens with zero attached hydrogens (tertiary/aromatic N) is 1. The van der Waals surface area contributed by atoms with Crippen LogP contribution in [-0.2, 0) is 6.61 Å². The molecule has 0 amide bonds. The molecule has 144 valence electrons. The first-order valence-corrected chi connectivity index (χ1v) is 8.15. The summed E-state index contributed by atoms with van der Waals surface area (Å²) in [5.41, 5.74) is -1.53. The van der Waals surface area contributed by atoms with E-state index < -0.39 is 29.1 Å². The van der Waals surface area contributed by atoms with Gasteiger partial charge in [-0.2, -0.15) is 0 Å². The minimum absolute atomic E-state index is 0.164. The number of hydrogen-bond donors (Lipinski definition) is 2. The molecule has 2 N–H and O–H groups in total. The zero-order chi connectivity index (χ0) is 20.3. The maximum atomic E-state index is 14.4. The van der Waals surface area contributed by atoms with Crippen molar-refractivity contribution in [1.82, 2.24) is 9.55 Å². The van der Waals surface area contributed by atoms with Crippen molar-refractivity contribution in [3.05, 3.63) is 85.8 Å². The molecule has 0 fully saturated rings. The summed E-state index contributed by atoms with van der Waals surface area (Å²) in [6.07, 6.45) is -1.71. The van der Waals surface area contributed by atoms with Crippen molar-refractivity contribution >= 4 is 17.8 Å². The Morgan fingerprint density at radius 2 is 1.86 bits per heavy atom. The Morgan fingerprint density at radius 1 is 1.14 bits per heavy atom. The summed E-state index contributed by atoms with van der Waals surface area (Å²) >= 11 is 5.80. The summed E-state index contributed by atoms with van der Waals surface area (Å²) < 4.78 is 24.7. The van der Waals surface area contributed by atoms with Gasteiger partial charge in [-0.15, -0.1) is 0 Å². The fraction of sp³-hybridized carbons (Fsp3) is 0.0556. The van der Waals surface area contributed by atoms with Gasteiger partial charge in [0.15, 0.2) is 5.82 Å². The second-order valence-electron chi connectivity index (χ2n) is 5.51. The Bertz CT molecular complexity index is 1110. The van der Waals surface area contributed by atoms with E-state index >= 15 is 0 Å². The second kappa shape index (κ2) is 7.97. The summed E-state index contributed by atoms with van der Waals surface area (Å²) in [7, 11) is 0. The third kappa shape index (κ3) is 4.38. The number of halogens is 2. The minimum atomic E-state index is -1.71. The van der Waals surface area contributed by atoms with Crippen LogP contribution in [0.4, 0.5) is 9.18 Å². The van der Waals surface area contributed by atoms with Gasteiger partial charge in [0.2, 0.25) is 5.88 Å². The van der Waals surface area contributed by atoms with Gasteiger partial charge in [-0.1, -0.05) is 23.7 Å². The molecule has 1 heterocycles. The van der Waals surface area contributed by atoms with E-state index in [0.717, 1.165) is 17.7 Å². The Labute approximate surface area is 161 Å². The van der Waals surface area contributed by atoms with Gasteiger partial charge in [0.25, 0.3) is 5.56 Å². The lowest BCUT2D eigenvalue weighted by molar-refractivity contribution is 0.142. The molecule has 3 rings (SSSR count). The van der Waals surface area contributed by atoms with E-state index in [0.29, 0.717) is 9.59 Å². The molecule has 2 aromatic carbocycles. The van der Waals surface area contributed by atoms with Crippen molar-refractivity contribution in [2.24, 2.45) is 0 Å². The van der Waals surface area contributed by atoms with Crippen molar-refractivity contribution in [1.29, 1.82) is 0 Å². The fourth-order valence-electron chi connectivity index (χ4n) is 2.36. The van der Waals surface area contributed by atoms with Crippen LogP contribution < -0.4 is 20.7 Å². The number of hydrogen-bond acceptors (Lipinski definition) is 5. The molecule has 0 bridgehead atoms. The predicted octanol–water partition coefficient (Wildman–Crippen LogP) is 2.95. The zero-order valence-electron chi connectivity index (χ0n) is 14.0. The summed E-state index contributed by atoms with van der Waals surface area (Å²) in [5.74, 6) is -1.26. The average Bonchev–Trinajstić information content (AvgIpc) is 2.61. The first kappa shape index (κ1) is 19.2. The predicted molar refractivity (Wildman–Crippen MR) is 97.1 cm³/mol. The van der Waals surface area contributed by atoms with Gasteiger partial charge < -0.3 is 14.6 Å². The lowest BCUT2D eigenvalue weighted by atomic mass is 10.2. The van der Waals surface area contributed by atoms with Crippen molar-refractivity contribution in [2.75, 3.05) is 0 Å². The van der Waals surface area contributed by atoms with Gasteiger partial charge >= 0.3 is 11.8 Å². The Morgan fingerprint density at radius 3 is 2.46 bits per heavy atom. The lowest BCUT2D eigenvalue weighted by Crippen LogP contribution is -2.34. The van der Waals surface area contributed by atoms with Gasteiger partial charge in [0.05, 0.1) is 11.8 Å². The molecule has 0 unspecified atom stereocenters. The minimum Gasteiger partial charge on any atom is -0.489 e. The van der Waals surface area contributed by atoms with Gasteiger partial charge in [-0.3, -0.25) is 9.78 Å². The molecule has 0 radical (unpaired) electrons. The second-order valence-corrected chi connectivity index (χ2v) is 5.95. The Kier molecular flexibility index (Phi) is 5.46. The molecule has 0 spiro atoms. The van der Waals surface area contributed by atoms with Crippen LogP contribution >= 0.6 is 11.6 Å². The monoisotopic (exact) mass is 406 g/mol. The molecular formula is C18H12ClFN2O6. The molecule has 0 aliphatic rings. The van der Waals surface area contributed by atoms with Gasteiger partial charge in [0, 0.05) is 11.1 Å². The SMILES string of the molecule is O=C(O)Oc1cc(=O)n(-c2ccc(OCc3ccc(Cl)cc3)cc2F)c(=O)[nH]1. The highest BCUT2D eigenvalue weighted by molar-refractivity contribution is 6.30. The van der Waals surface area contributed by atoms with E-state index in [4.69, 9.17) is 21.4 Å². The van der Waals surface area contributed by atoms with Crippen LogP contribution in [0.25, 0.3) is 5.69 Å². The molecule has 0 atom stereocenters. The van der Waals surface area contributed by atoms with Gasteiger partial charge in [-0.25, -0.2) is 18.5 Å². The van der Waals surface area contributed by atoms with Gasteiger partial charge in [0.1, 0.15) is 12.4 Å². The van der Waals surface area contributed by atoms with E-state index in [-0.39, 0.29) is 18.0 Å². The summed E-state index contributed by atoms with van der Waals surface area (Å²) in [4.78, 5) is 36.6. The van der Waals surface area contributed by atoms with Crippen LogP contribution in [0, 0.1) is 5.82 Å². The van der Waals surface area contributed by atoms with E-state index in [1.165, 1.54) is 12.1 Å². The van der Waals surface area contributed by atoms with Crippen LogP contribution in [0.1, 0.15) is 5.56 Å². The quantitative estimate of drug-likeness (QED) is 0.630. The number of ether oxygens (including phenoxy) is 2. The molecule has 28 heavy (non-hydrogen) atoms. The van der Waals surface area contributed by atoms with E-state index in [9.17, 15) is 18.8 Å². The Hall–Kier alpha value is -3.59. The summed E-state index contributed by atoms with van der Waals surface area (Å²) in [6.45, 7) is 0.164. The van der Waals surface area contributed by atoms with Crippen molar-refractivity contribution in [2.45, 2.75) is 6.61 Å². The third-order valence-electron chi connectivity index (χ3n) is 3.58. The summed E-state index contributed by atoms with van der Waals surface area (Å²) in [5, 5.41) is 9.10. The molecule has 8 nitrogen and oxygen atoms in total. The molecule has 0 aliphatic carbocycles. The fourth-order valence-corrected chi connectivity index (χ4v) is 2.48. The number of carbonyl (C=O) groups is 1. The number of carboxylic acid groups (broad SMARTS) is 1. The van der Waals surface area contributed by atoms with E-state index in [1.54, 1.807) is 24.3 Å². The largest absolute Gasteiger partial charge is 0.512 e. The first-order valence-electron chi connectivity index (χ1n) is 7.78. The number of nitrogens with one attached hydrogen (secondary N) is 1. The lowest BCUT2D eigenvalue weighted by Gasteiger charge is -2.10. The highest BCUT2D eigenvalue weighted by Crippen LogP contribution is 2.20. The van der Waals surface area contributed by atoms with Crippen LogP contribution in [0.5, 0.6) is 11.6 Å². The van der Waals surface area contributed by atoms with Crippen LogP contribution in [-0.4, -0.2) is 20.8 Å². The molecule has 3 aromatic rings. The van der Waals surface area contributed by atoms with E-state index in [1.807, 2.05) is 4.98 Å². The standard InChI is InChI=1S/C18H12ClFN2O6/c19-11-3-1-10(2-4-11)9-27-12-5-6-14(13(20)7-12)22-16(23)8-15(21-17(22)24)28-18(25)26/h1-8H,9H2,(H,21,24)(H,25,26). The van der Waals surface area contributed by atoms with Gasteiger partial charge in [-0.05, 0) is 29.8 Å². The maximum Gasteiger partial charge on any atom is 0.512 e. The third-order valence-corrected chi connectivity index (χ3v) is 3.84. The number of rotatable bonds is 5. The number of aromatic nitrogens is 2. The van der Waals surface area contributed by atoms with Crippen LogP contribution in [0.2, 0.25) is 5.02 Å². The normalized spacial score (nSPS) is 10.5. The van der Waals surface area contributed by atoms with Crippen LogP contribution in [0.15, 0.2) is 58.1 Å². The van der Waals surface area contributed by atoms with Crippen molar-refractivity contribution in [3.63, 3.8) is 0 Å². The van der Waals surface area contributed by atoms with E-state index in [2.05, 4.69) is 4.74 Å². The highest BCUT2D eigenvalue weighted by Gasteiger charge is 2.14. The highest BCUT2D eigenvalue weighted by atomic mass is 35.5. The smallest absolute Gasteiger partial charge is 0.489 e. The maximum absolute atomic E-state index is 14.4. The number of H-pyrrole nitrogens is 1. The molecule has 0 saturated heterocycles. The number of benzene rings is 2. The molecule has 1 aromatic heterocycles. The first-order chi connectivity index (χ1) is 13.3. The number of aromatic amines is 1. The van der Waals surface area contributed by atoms with Crippen LogP contribution in [0.3, 0.4) is 0 Å². The molecule has 0 aliphatic heterocycles.